The molecule has 1 atom stereocenters. The molecule has 0 amide bonds. The molecule has 1 aliphatic rings. The molecular weight excluding hydrogens is 248 g/mol. The van der Waals surface area contributed by atoms with E-state index in [4.69, 9.17) is 11.7 Å². The van der Waals surface area contributed by atoms with Crippen LogP contribution >= 0.6 is 11.3 Å². The van der Waals surface area contributed by atoms with Gasteiger partial charge in [-0.3, -0.25) is 5.43 Å². The number of fused-ring (bicyclic) bond motifs is 3. The Bertz CT molecular complexity index is 593. The summed E-state index contributed by atoms with van der Waals surface area (Å²) < 4.78 is 0. The molecule has 7 heteroatoms. The molecule has 1 unspecified atom stereocenters. The summed E-state index contributed by atoms with van der Waals surface area (Å²) >= 11 is 1.72. The Morgan fingerprint density at radius 1 is 1.28 bits per heavy atom. The molecule has 0 aromatic carbocycles. The molecule has 1 aliphatic carbocycles. The topological polar surface area (TPSA) is 102 Å². The van der Waals surface area contributed by atoms with Crippen molar-refractivity contribution in [1.82, 2.24) is 9.97 Å². The Hall–Kier alpha value is -1.44. The summed E-state index contributed by atoms with van der Waals surface area (Å²) in [5.74, 6) is 12.5. The van der Waals surface area contributed by atoms with Gasteiger partial charge in [-0.1, -0.05) is 6.92 Å². The molecule has 96 valence electrons. The van der Waals surface area contributed by atoms with E-state index in [0.717, 1.165) is 16.6 Å². The fourth-order valence-electron chi connectivity index (χ4n) is 2.66. The van der Waals surface area contributed by atoms with Gasteiger partial charge in [-0.25, -0.2) is 16.7 Å². The van der Waals surface area contributed by atoms with Crippen LogP contribution in [-0.2, 0) is 6.42 Å². The lowest BCUT2D eigenvalue weighted by Crippen LogP contribution is -2.15. The Morgan fingerprint density at radius 3 is 2.83 bits per heavy atom. The van der Waals surface area contributed by atoms with Crippen molar-refractivity contribution in [1.29, 1.82) is 0 Å². The molecule has 0 bridgehead atoms. The monoisotopic (exact) mass is 264 g/mol. The van der Waals surface area contributed by atoms with Crippen LogP contribution in [-0.4, -0.2) is 9.97 Å². The Morgan fingerprint density at radius 2 is 2.11 bits per heavy atom. The molecule has 2 heterocycles. The number of hydrogen-bond donors (Lipinski definition) is 4. The molecule has 3 rings (SSSR count). The molecule has 6 nitrogen and oxygen atoms in total. The largest absolute Gasteiger partial charge is 0.308 e. The average molecular weight is 264 g/mol. The van der Waals surface area contributed by atoms with Gasteiger partial charge in [-0.15, -0.1) is 11.3 Å². The van der Waals surface area contributed by atoms with Gasteiger partial charge >= 0.3 is 0 Å². The predicted molar refractivity (Wildman–Crippen MR) is 74.4 cm³/mol. The fraction of sp³-hybridized carbons (Fsp3) is 0.455. The van der Waals surface area contributed by atoms with Crippen molar-refractivity contribution in [2.75, 3.05) is 10.9 Å². The van der Waals surface area contributed by atoms with Gasteiger partial charge in [0, 0.05) is 4.88 Å². The zero-order valence-corrected chi connectivity index (χ0v) is 11.0. The molecule has 0 saturated heterocycles. The van der Waals surface area contributed by atoms with E-state index in [9.17, 15) is 0 Å². The fourth-order valence-corrected chi connectivity index (χ4v) is 3.99. The van der Waals surface area contributed by atoms with Crippen LogP contribution in [0.4, 0.5) is 11.8 Å². The van der Waals surface area contributed by atoms with Crippen LogP contribution in [0.5, 0.6) is 0 Å². The number of aromatic nitrogens is 2. The Kier molecular flexibility index (Phi) is 2.81. The van der Waals surface area contributed by atoms with Gasteiger partial charge < -0.3 is 5.43 Å². The summed E-state index contributed by atoms with van der Waals surface area (Å²) in [4.78, 5) is 11.0. The molecule has 18 heavy (non-hydrogen) atoms. The Labute approximate surface area is 109 Å². The van der Waals surface area contributed by atoms with Crippen LogP contribution in [0.25, 0.3) is 10.2 Å². The highest BCUT2D eigenvalue weighted by atomic mass is 32.1. The first-order chi connectivity index (χ1) is 8.74. The number of aryl methyl sites for hydroxylation is 1. The van der Waals surface area contributed by atoms with Crippen molar-refractivity contribution >= 4 is 33.3 Å². The molecule has 0 fully saturated rings. The second-order valence-corrected chi connectivity index (χ2v) is 5.68. The smallest absolute Gasteiger partial charge is 0.240 e. The van der Waals surface area contributed by atoms with E-state index in [2.05, 4.69) is 27.7 Å². The standard InChI is InChI=1S/C11H16N6S/c1-5-3-2-4-6-7(5)8-9(16-12)14-11(17-13)15-10(8)18-6/h5H,2-4,12-13H2,1H3,(H2,14,15,16,17). The number of nitrogens with zero attached hydrogens (tertiary/aromatic N) is 2. The van der Waals surface area contributed by atoms with Crippen LogP contribution in [0.1, 0.15) is 36.1 Å². The number of hydrazine groups is 2. The molecule has 0 saturated carbocycles. The van der Waals surface area contributed by atoms with Crippen LogP contribution in [0, 0.1) is 0 Å². The summed E-state index contributed by atoms with van der Waals surface area (Å²) in [6.07, 6.45) is 3.57. The average Bonchev–Trinajstić information content (AvgIpc) is 2.76. The van der Waals surface area contributed by atoms with Gasteiger partial charge in [0.1, 0.15) is 4.83 Å². The molecule has 2 aromatic heterocycles. The van der Waals surface area contributed by atoms with Crippen LogP contribution in [0.15, 0.2) is 0 Å². The molecule has 2 aromatic rings. The number of hydrogen-bond acceptors (Lipinski definition) is 7. The zero-order chi connectivity index (χ0) is 12.7. The van der Waals surface area contributed by atoms with Crippen LogP contribution in [0.2, 0.25) is 0 Å². The summed E-state index contributed by atoms with van der Waals surface area (Å²) in [6.45, 7) is 2.25. The quantitative estimate of drug-likeness (QED) is 0.486. The molecule has 6 N–H and O–H groups in total. The highest BCUT2D eigenvalue weighted by Gasteiger charge is 2.25. The van der Waals surface area contributed by atoms with Crippen molar-refractivity contribution in [2.45, 2.75) is 32.1 Å². The highest BCUT2D eigenvalue weighted by Crippen LogP contribution is 2.43. The number of nitrogens with two attached hydrogens (primary N) is 2. The lowest BCUT2D eigenvalue weighted by atomic mass is 9.87. The van der Waals surface area contributed by atoms with E-state index < -0.39 is 0 Å². The second-order valence-electron chi connectivity index (χ2n) is 4.60. The third kappa shape index (κ3) is 1.63. The van der Waals surface area contributed by atoms with Gasteiger partial charge in [0.05, 0.1) is 5.39 Å². The number of anilines is 2. The van der Waals surface area contributed by atoms with Gasteiger partial charge in [-0.2, -0.15) is 4.98 Å². The summed E-state index contributed by atoms with van der Waals surface area (Å²) in [7, 11) is 0. The number of nitrogens with one attached hydrogen (secondary N) is 2. The van der Waals surface area contributed by atoms with E-state index in [1.54, 1.807) is 11.3 Å². The van der Waals surface area contributed by atoms with Crippen LogP contribution in [0.3, 0.4) is 0 Å². The van der Waals surface area contributed by atoms with Crippen LogP contribution < -0.4 is 22.5 Å². The summed E-state index contributed by atoms with van der Waals surface area (Å²) in [6, 6.07) is 0. The van der Waals surface area contributed by atoms with Crippen molar-refractivity contribution in [3.8, 4) is 0 Å². The zero-order valence-electron chi connectivity index (χ0n) is 10.2. The maximum absolute atomic E-state index is 5.57. The third-order valence-electron chi connectivity index (χ3n) is 3.47. The van der Waals surface area contributed by atoms with Crippen molar-refractivity contribution in [2.24, 2.45) is 11.7 Å². The molecular formula is C11H16N6S. The van der Waals surface area contributed by atoms with E-state index >= 15 is 0 Å². The number of nitrogen functional groups attached to an aromatic ring is 2. The summed E-state index contributed by atoms with van der Waals surface area (Å²) in [5.41, 5.74) is 6.49. The SMILES string of the molecule is CC1CCCc2sc3nc(NN)nc(NN)c3c21. The maximum atomic E-state index is 5.57. The lowest BCUT2D eigenvalue weighted by Gasteiger charge is -2.19. The predicted octanol–water partition coefficient (Wildman–Crippen LogP) is 1.70. The van der Waals surface area contributed by atoms with Gasteiger partial charge in [0.15, 0.2) is 5.82 Å². The Balaban J connectivity index is 2.32. The van der Waals surface area contributed by atoms with E-state index in [1.807, 2.05) is 0 Å². The van der Waals surface area contributed by atoms with E-state index in [1.165, 1.54) is 23.3 Å². The third-order valence-corrected chi connectivity index (χ3v) is 4.62. The minimum absolute atomic E-state index is 0.390. The first-order valence-electron chi connectivity index (χ1n) is 6.01. The number of thiophene rings is 1. The van der Waals surface area contributed by atoms with Gasteiger partial charge in [0.2, 0.25) is 5.95 Å². The van der Waals surface area contributed by atoms with Crippen molar-refractivity contribution < 1.29 is 0 Å². The maximum Gasteiger partial charge on any atom is 0.240 e. The van der Waals surface area contributed by atoms with Gasteiger partial charge in [-0.05, 0) is 30.7 Å². The minimum atomic E-state index is 0.390. The number of rotatable bonds is 2. The van der Waals surface area contributed by atoms with Gasteiger partial charge in [0.25, 0.3) is 0 Å². The second kappa shape index (κ2) is 4.34. The minimum Gasteiger partial charge on any atom is -0.308 e. The molecule has 0 spiro atoms. The van der Waals surface area contributed by atoms with E-state index in [-0.39, 0.29) is 0 Å². The summed E-state index contributed by atoms with van der Waals surface area (Å²) in [5, 5.41) is 1.06. The lowest BCUT2D eigenvalue weighted by molar-refractivity contribution is 0.602. The molecule has 0 radical (unpaired) electrons. The molecule has 0 aliphatic heterocycles. The van der Waals surface area contributed by atoms with E-state index in [0.29, 0.717) is 17.7 Å². The van der Waals surface area contributed by atoms with Crippen molar-refractivity contribution in [3.63, 3.8) is 0 Å². The normalized spacial score (nSPS) is 18.7. The first kappa shape index (κ1) is 11.6. The van der Waals surface area contributed by atoms with Crippen molar-refractivity contribution in [3.05, 3.63) is 10.4 Å². The highest BCUT2D eigenvalue weighted by molar-refractivity contribution is 7.19. The first-order valence-corrected chi connectivity index (χ1v) is 6.82.